The van der Waals surface area contributed by atoms with Gasteiger partial charge in [-0.25, -0.2) is 19.5 Å². The molecule has 8 nitrogen and oxygen atoms in total. The zero-order valence-corrected chi connectivity index (χ0v) is 15.4. The van der Waals surface area contributed by atoms with Crippen LogP contribution in [0.2, 0.25) is 0 Å². The van der Waals surface area contributed by atoms with Gasteiger partial charge in [-0.05, 0) is 32.4 Å². The first-order chi connectivity index (χ1) is 13.2. The average Bonchev–Trinajstić information content (AvgIpc) is 3.27. The van der Waals surface area contributed by atoms with Crippen LogP contribution in [0.5, 0.6) is 0 Å². The summed E-state index contributed by atoms with van der Waals surface area (Å²) in [6, 6.07) is 3.10. The van der Waals surface area contributed by atoms with Crippen LogP contribution in [0, 0.1) is 0 Å². The summed E-state index contributed by atoms with van der Waals surface area (Å²) in [5.74, 6) is 1.39. The van der Waals surface area contributed by atoms with E-state index in [1.165, 1.54) is 0 Å². The van der Waals surface area contributed by atoms with Crippen molar-refractivity contribution in [1.82, 2.24) is 34.3 Å². The van der Waals surface area contributed by atoms with Gasteiger partial charge in [-0.2, -0.15) is 0 Å². The van der Waals surface area contributed by atoms with Crippen molar-refractivity contribution < 1.29 is 0 Å². The third kappa shape index (κ3) is 2.73. The average molecular weight is 362 g/mol. The molecule has 0 amide bonds. The van der Waals surface area contributed by atoms with Crippen LogP contribution in [0.3, 0.4) is 0 Å². The zero-order valence-electron chi connectivity index (χ0n) is 15.4. The van der Waals surface area contributed by atoms with E-state index in [-0.39, 0.29) is 0 Å². The highest BCUT2D eigenvalue weighted by Gasteiger charge is 2.28. The van der Waals surface area contributed by atoms with Gasteiger partial charge in [0.15, 0.2) is 0 Å². The molecule has 0 aromatic carbocycles. The van der Waals surface area contributed by atoms with Gasteiger partial charge in [0.1, 0.15) is 0 Å². The Morgan fingerprint density at radius 3 is 2.78 bits per heavy atom. The van der Waals surface area contributed by atoms with Crippen LogP contribution in [-0.4, -0.2) is 48.1 Å². The molecule has 4 aromatic rings. The van der Waals surface area contributed by atoms with E-state index >= 15 is 0 Å². The summed E-state index contributed by atoms with van der Waals surface area (Å²) in [6.45, 7) is 2.12. The lowest BCUT2D eigenvalue weighted by molar-refractivity contribution is 0.325. The molecule has 4 aromatic heterocycles. The Morgan fingerprint density at radius 2 is 1.96 bits per heavy atom. The molecule has 27 heavy (non-hydrogen) atoms. The molecule has 0 radical (unpaired) electrons. The number of hydrogen-bond donors (Lipinski definition) is 2. The molecule has 2 N–H and O–H groups in total. The molecule has 1 fully saturated rings. The second kappa shape index (κ2) is 6.31. The molecule has 8 heteroatoms. The number of imidazole rings is 1. The maximum absolute atomic E-state index is 4.61. The minimum atomic E-state index is 0.440. The molecule has 0 bridgehead atoms. The summed E-state index contributed by atoms with van der Waals surface area (Å²) in [4.78, 5) is 13.4. The molecule has 4 heterocycles. The number of nitrogens with one attached hydrogen (secondary N) is 2. The summed E-state index contributed by atoms with van der Waals surface area (Å²) in [6.07, 6.45) is 12.8. The SMILES string of the molecule is CCc1cnc2ncc(-c3ccn4nc(NC5CC(NC)C5)ncc34)cn12. The smallest absolute Gasteiger partial charge is 0.241 e. The van der Waals surface area contributed by atoms with E-state index in [2.05, 4.69) is 49.9 Å². The van der Waals surface area contributed by atoms with Crippen molar-refractivity contribution in [3.63, 3.8) is 0 Å². The predicted octanol–water partition coefficient (Wildman–Crippen LogP) is 2.16. The molecule has 5 rings (SSSR count). The number of hydrogen-bond acceptors (Lipinski definition) is 6. The minimum Gasteiger partial charge on any atom is -0.350 e. The fourth-order valence-corrected chi connectivity index (χ4v) is 3.69. The van der Waals surface area contributed by atoms with Crippen molar-refractivity contribution in [3.05, 3.63) is 42.7 Å². The largest absolute Gasteiger partial charge is 0.350 e. The maximum atomic E-state index is 4.61. The lowest BCUT2D eigenvalue weighted by Gasteiger charge is -2.35. The molecule has 0 aliphatic heterocycles. The van der Waals surface area contributed by atoms with Crippen molar-refractivity contribution in [2.45, 2.75) is 38.3 Å². The van der Waals surface area contributed by atoms with Crippen molar-refractivity contribution in [1.29, 1.82) is 0 Å². The van der Waals surface area contributed by atoms with Gasteiger partial charge >= 0.3 is 0 Å². The quantitative estimate of drug-likeness (QED) is 0.566. The fraction of sp³-hybridized carbons (Fsp3) is 0.368. The van der Waals surface area contributed by atoms with E-state index in [1.807, 2.05) is 40.8 Å². The first-order valence-electron chi connectivity index (χ1n) is 9.35. The van der Waals surface area contributed by atoms with Gasteiger partial charge in [0.25, 0.3) is 0 Å². The van der Waals surface area contributed by atoms with Gasteiger partial charge in [0.05, 0.1) is 17.9 Å². The van der Waals surface area contributed by atoms with Crippen LogP contribution in [0.15, 0.2) is 37.1 Å². The molecule has 1 saturated carbocycles. The fourth-order valence-electron chi connectivity index (χ4n) is 3.69. The van der Waals surface area contributed by atoms with Gasteiger partial charge in [-0.1, -0.05) is 6.92 Å². The number of rotatable bonds is 5. The third-order valence-electron chi connectivity index (χ3n) is 5.41. The Hall–Kier alpha value is -3.00. The van der Waals surface area contributed by atoms with Gasteiger partial charge in [-0.15, -0.1) is 5.10 Å². The molecule has 1 aliphatic rings. The molecule has 138 valence electrons. The molecule has 0 atom stereocenters. The number of aryl methyl sites for hydroxylation is 1. The van der Waals surface area contributed by atoms with Crippen LogP contribution in [0.25, 0.3) is 22.4 Å². The molecular weight excluding hydrogens is 340 g/mol. The Kier molecular flexibility index (Phi) is 3.78. The number of fused-ring (bicyclic) bond motifs is 2. The Bertz CT molecular complexity index is 1110. The highest BCUT2D eigenvalue weighted by molar-refractivity contribution is 5.79. The van der Waals surface area contributed by atoms with E-state index in [0.717, 1.165) is 47.4 Å². The topological polar surface area (TPSA) is 84.4 Å². The number of aromatic nitrogens is 6. The van der Waals surface area contributed by atoms with Crippen LogP contribution in [-0.2, 0) is 6.42 Å². The molecule has 1 aliphatic carbocycles. The maximum Gasteiger partial charge on any atom is 0.241 e. The van der Waals surface area contributed by atoms with Crippen LogP contribution in [0.4, 0.5) is 5.95 Å². The van der Waals surface area contributed by atoms with E-state index in [9.17, 15) is 0 Å². The summed E-state index contributed by atoms with van der Waals surface area (Å²) >= 11 is 0. The highest BCUT2D eigenvalue weighted by Crippen LogP contribution is 2.26. The van der Waals surface area contributed by atoms with E-state index in [0.29, 0.717) is 18.0 Å². The van der Waals surface area contributed by atoms with Crippen molar-refractivity contribution in [3.8, 4) is 11.1 Å². The van der Waals surface area contributed by atoms with Gasteiger partial charge in [-0.3, -0.25) is 4.40 Å². The van der Waals surface area contributed by atoms with Gasteiger partial charge in [0.2, 0.25) is 11.7 Å². The standard InChI is InChI=1S/C19H22N8/c1-3-15-9-23-19-22-8-12(11-26(15)19)16-4-5-27-17(16)10-21-18(25-27)24-14-6-13(7-14)20-2/h4-5,8-11,13-14,20H,3,6-7H2,1-2H3,(H,24,25). The third-order valence-corrected chi connectivity index (χ3v) is 5.41. The number of nitrogens with zero attached hydrogens (tertiary/aromatic N) is 6. The molecule has 0 spiro atoms. The second-order valence-electron chi connectivity index (χ2n) is 7.06. The van der Waals surface area contributed by atoms with Crippen LogP contribution in [0.1, 0.15) is 25.5 Å². The predicted molar refractivity (Wildman–Crippen MR) is 104 cm³/mol. The van der Waals surface area contributed by atoms with E-state index in [1.54, 1.807) is 0 Å². The summed E-state index contributed by atoms with van der Waals surface area (Å²) in [5.41, 5.74) is 4.19. The summed E-state index contributed by atoms with van der Waals surface area (Å²) in [7, 11) is 2.00. The monoisotopic (exact) mass is 362 g/mol. The van der Waals surface area contributed by atoms with Gasteiger partial charge in [0, 0.05) is 47.5 Å². The first-order valence-corrected chi connectivity index (χ1v) is 9.35. The summed E-state index contributed by atoms with van der Waals surface area (Å²) < 4.78 is 3.92. The van der Waals surface area contributed by atoms with Crippen molar-refractivity contribution in [2.75, 3.05) is 12.4 Å². The molecular formula is C19H22N8. The van der Waals surface area contributed by atoms with Crippen LogP contribution < -0.4 is 10.6 Å². The first kappa shape index (κ1) is 16.2. The van der Waals surface area contributed by atoms with E-state index in [4.69, 9.17) is 0 Å². The normalized spacial score (nSPS) is 19.5. The lowest BCUT2D eigenvalue weighted by atomic mass is 9.87. The van der Waals surface area contributed by atoms with Crippen molar-refractivity contribution in [2.24, 2.45) is 0 Å². The molecule has 0 unspecified atom stereocenters. The number of anilines is 1. The molecule has 0 saturated heterocycles. The zero-order chi connectivity index (χ0) is 18.4. The minimum absolute atomic E-state index is 0.440. The van der Waals surface area contributed by atoms with Crippen molar-refractivity contribution >= 4 is 17.2 Å². The second-order valence-corrected chi connectivity index (χ2v) is 7.06. The lowest BCUT2D eigenvalue weighted by Crippen LogP contribution is -2.46. The Labute approximate surface area is 156 Å². The Morgan fingerprint density at radius 1 is 1.11 bits per heavy atom. The highest BCUT2D eigenvalue weighted by atomic mass is 15.3. The van der Waals surface area contributed by atoms with Crippen LogP contribution >= 0.6 is 0 Å². The Balaban J connectivity index is 1.46. The summed E-state index contributed by atoms with van der Waals surface area (Å²) in [5, 5.41) is 11.3. The van der Waals surface area contributed by atoms with Gasteiger partial charge < -0.3 is 10.6 Å². The van der Waals surface area contributed by atoms with E-state index < -0.39 is 0 Å².